The summed E-state index contributed by atoms with van der Waals surface area (Å²) in [5.74, 6) is -3.07. The second-order valence-electron chi connectivity index (χ2n) is 4.07. The third kappa shape index (κ3) is 4.31. The summed E-state index contributed by atoms with van der Waals surface area (Å²) in [6.45, 7) is 1.45. The SMILES string of the molecule is CCC(C(=O)O)S(=O)(=O)CC(=O)Nc1ccccc1Br. The van der Waals surface area contributed by atoms with Gasteiger partial charge < -0.3 is 10.4 Å². The molecule has 1 atom stereocenters. The predicted molar refractivity (Wildman–Crippen MR) is 78.3 cm³/mol. The molecule has 0 aliphatic rings. The number of halogens is 1. The van der Waals surface area contributed by atoms with Crippen LogP contribution in [0.3, 0.4) is 0 Å². The minimum Gasteiger partial charge on any atom is -0.480 e. The molecule has 0 spiro atoms. The molecule has 8 heteroatoms. The summed E-state index contributed by atoms with van der Waals surface area (Å²) in [6, 6.07) is 6.72. The number of nitrogens with one attached hydrogen (secondary N) is 1. The van der Waals surface area contributed by atoms with Crippen LogP contribution in [0.1, 0.15) is 13.3 Å². The van der Waals surface area contributed by atoms with E-state index in [-0.39, 0.29) is 6.42 Å². The van der Waals surface area contributed by atoms with Crippen LogP contribution in [0.15, 0.2) is 28.7 Å². The molecule has 0 radical (unpaired) electrons. The molecule has 0 aliphatic heterocycles. The first-order valence-corrected chi connectivity index (χ1v) is 8.27. The van der Waals surface area contributed by atoms with Crippen molar-refractivity contribution in [3.8, 4) is 0 Å². The Morgan fingerprint density at radius 2 is 1.95 bits per heavy atom. The first kappa shape index (κ1) is 16.6. The van der Waals surface area contributed by atoms with Crippen molar-refractivity contribution in [1.82, 2.24) is 0 Å². The fourth-order valence-corrected chi connectivity index (χ4v) is 3.45. The maximum absolute atomic E-state index is 11.8. The van der Waals surface area contributed by atoms with Crippen LogP contribution >= 0.6 is 15.9 Å². The van der Waals surface area contributed by atoms with E-state index in [9.17, 15) is 18.0 Å². The van der Waals surface area contributed by atoms with Crippen LogP contribution in [0.4, 0.5) is 5.69 Å². The van der Waals surface area contributed by atoms with E-state index in [1.807, 2.05) is 0 Å². The Bertz CT molecular complexity index is 614. The maximum atomic E-state index is 11.8. The molecule has 6 nitrogen and oxygen atoms in total. The minimum absolute atomic E-state index is 0.0834. The number of anilines is 1. The van der Waals surface area contributed by atoms with Gasteiger partial charge in [0.25, 0.3) is 0 Å². The zero-order valence-electron chi connectivity index (χ0n) is 10.7. The van der Waals surface area contributed by atoms with E-state index in [2.05, 4.69) is 21.2 Å². The molecule has 110 valence electrons. The van der Waals surface area contributed by atoms with E-state index in [4.69, 9.17) is 5.11 Å². The summed E-state index contributed by atoms with van der Waals surface area (Å²) in [5, 5.41) is 9.70. The predicted octanol–water partition coefficient (Wildman–Crippen LogP) is 1.67. The molecule has 0 saturated carbocycles. The van der Waals surface area contributed by atoms with E-state index in [0.29, 0.717) is 10.2 Å². The lowest BCUT2D eigenvalue weighted by Gasteiger charge is -2.12. The average Bonchev–Trinajstić information content (AvgIpc) is 2.31. The summed E-state index contributed by atoms with van der Waals surface area (Å²) >= 11 is 3.21. The van der Waals surface area contributed by atoms with Gasteiger partial charge in [0.1, 0.15) is 5.75 Å². The summed E-state index contributed by atoms with van der Waals surface area (Å²) in [4.78, 5) is 22.6. The standard InChI is InChI=1S/C12H14BrNO5S/c1-2-10(12(16)17)20(18,19)7-11(15)14-9-6-4-3-5-8(9)13/h3-6,10H,2,7H2,1H3,(H,14,15)(H,16,17). The third-order valence-electron chi connectivity index (χ3n) is 2.56. The zero-order valence-corrected chi connectivity index (χ0v) is 13.1. The maximum Gasteiger partial charge on any atom is 0.321 e. The Labute approximate surface area is 125 Å². The van der Waals surface area contributed by atoms with Crippen LogP contribution in [-0.2, 0) is 19.4 Å². The van der Waals surface area contributed by atoms with Crippen molar-refractivity contribution < 1.29 is 23.1 Å². The average molecular weight is 364 g/mol. The normalized spacial score (nSPS) is 12.7. The summed E-state index contributed by atoms with van der Waals surface area (Å²) < 4.78 is 24.3. The zero-order chi connectivity index (χ0) is 15.3. The van der Waals surface area contributed by atoms with Gasteiger partial charge in [-0.3, -0.25) is 9.59 Å². The largest absolute Gasteiger partial charge is 0.480 e. The van der Waals surface area contributed by atoms with Crippen molar-refractivity contribution in [2.75, 3.05) is 11.1 Å². The van der Waals surface area contributed by atoms with E-state index in [1.54, 1.807) is 24.3 Å². The number of carboxylic acids is 1. The monoisotopic (exact) mass is 363 g/mol. The minimum atomic E-state index is -4.03. The highest BCUT2D eigenvalue weighted by molar-refractivity contribution is 9.10. The molecule has 1 aromatic carbocycles. The second-order valence-corrected chi connectivity index (χ2v) is 7.11. The first-order chi connectivity index (χ1) is 9.27. The lowest BCUT2D eigenvalue weighted by molar-refractivity contribution is -0.136. The van der Waals surface area contributed by atoms with Crippen LogP contribution in [0.2, 0.25) is 0 Å². The number of rotatable bonds is 6. The van der Waals surface area contributed by atoms with Crippen molar-refractivity contribution in [3.63, 3.8) is 0 Å². The van der Waals surface area contributed by atoms with Gasteiger partial charge in [0, 0.05) is 4.47 Å². The van der Waals surface area contributed by atoms with Gasteiger partial charge in [-0.2, -0.15) is 0 Å². The highest BCUT2D eigenvalue weighted by atomic mass is 79.9. The van der Waals surface area contributed by atoms with Gasteiger partial charge in [-0.25, -0.2) is 8.42 Å². The molecule has 0 aromatic heterocycles. The first-order valence-electron chi connectivity index (χ1n) is 5.76. The number of aliphatic carboxylic acids is 1. The molecular weight excluding hydrogens is 350 g/mol. The number of sulfone groups is 1. The van der Waals surface area contributed by atoms with E-state index in [0.717, 1.165) is 0 Å². The van der Waals surface area contributed by atoms with Gasteiger partial charge >= 0.3 is 5.97 Å². The van der Waals surface area contributed by atoms with Crippen LogP contribution in [-0.4, -0.2) is 36.4 Å². The van der Waals surface area contributed by atoms with E-state index in [1.165, 1.54) is 6.92 Å². The Hall–Kier alpha value is -1.41. The fraction of sp³-hybridized carbons (Fsp3) is 0.333. The molecule has 1 aromatic rings. The molecule has 1 amide bonds. The van der Waals surface area contributed by atoms with Crippen molar-refractivity contribution in [3.05, 3.63) is 28.7 Å². The van der Waals surface area contributed by atoms with Gasteiger partial charge in [0.15, 0.2) is 15.1 Å². The number of hydrogen-bond donors (Lipinski definition) is 2. The number of carbonyl (C=O) groups excluding carboxylic acids is 1. The van der Waals surface area contributed by atoms with Crippen molar-refractivity contribution in [2.24, 2.45) is 0 Å². The second kappa shape index (κ2) is 6.85. The Morgan fingerprint density at radius 1 is 1.35 bits per heavy atom. The molecule has 1 unspecified atom stereocenters. The Balaban J connectivity index is 2.81. The number of carbonyl (C=O) groups is 2. The number of para-hydroxylation sites is 1. The van der Waals surface area contributed by atoms with Crippen LogP contribution in [0.25, 0.3) is 0 Å². The highest BCUT2D eigenvalue weighted by Crippen LogP contribution is 2.21. The lowest BCUT2D eigenvalue weighted by Crippen LogP contribution is -2.35. The summed E-state index contributed by atoms with van der Waals surface area (Å²) in [6.07, 6.45) is -0.0834. The molecule has 1 rings (SSSR count). The fourth-order valence-electron chi connectivity index (χ4n) is 1.61. The number of amides is 1. The van der Waals surface area contributed by atoms with Crippen LogP contribution in [0, 0.1) is 0 Å². The van der Waals surface area contributed by atoms with Crippen LogP contribution in [0.5, 0.6) is 0 Å². The quantitative estimate of drug-likeness (QED) is 0.800. The molecule has 0 fully saturated rings. The van der Waals surface area contributed by atoms with E-state index >= 15 is 0 Å². The number of benzene rings is 1. The van der Waals surface area contributed by atoms with Gasteiger partial charge in [-0.1, -0.05) is 19.1 Å². The topological polar surface area (TPSA) is 101 Å². The van der Waals surface area contributed by atoms with Crippen molar-refractivity contribution in [2.45, 2.75) is 18.6 Å². The smallest absolute Gasteiger partial charge is 0.321 e. The highest BCUT2D eigenvalue weighted by Gasteiger charge is 2.32. The molecule has 0 saturated heterocycles. The molecule has 0 bridgehead atoms. The van der Waals surface area contributed by atoms with Gasteiger partial charge in [-0.05, 0) is 34.5 Å². The summed E-state index contributed by atoms with van der Waals surface area (Å²) in [7, 11) is -4.03. The summed E-state index contributed by atoms with van der Waals surface area (Å²) in [5.41, 5.74) is 0.427. The van der Waals surface area contributed by atoms with Gasteiger partial charge in [0.2, 0.25) is 5.91 Å². The van der Waals surface area contributed by atoms with Gasteiger partial charge in [-0.15, -0.1) is 0 Å². The molecular formula is C12H14BrNO5S. The van der Waals surface area contributed by atoms with E-state index < -0.39 is 32.7 Å². The third-order valence-corrected chi connectivity index (χ3v) is 5.32. The van der Waals surface area contributed by atoms with Crippen molar-refractivity contribution >= 4 is 43.3 Å². The van der Waals surface area contributed by atoms with Crippen LogP contribution < -0.4 is 5.32 Å². The Kier molecular flexibility index (Phi) is 5.70. The van der Waals surface area contributed by atoms with Gasteiger partial charge in [0.05, 0.1) is 5.69 Å². The molecule has 0 heterocycles. The lowest BCUT2D eigenvalue weighted by atomic mass is 10.3. The molecule has 0 aliphatic carbocycles. The Morgan fingerprint density at radius 3 is 2.45 bits per heavy atom. The molecule has 20 heavy (non-hydrogen) atoms. The number of hydrogen-bond acceptors (Lipinski definition) is 4. The molecule has 2 N–H and O–H groups in total. The number of carboxylic acid groups (broad SMARTS) is 1. The van der Waals surface area contributed by atoms with Crippen molar-refractivity contribution in [1.29, 1.82) is 0 Å².